The largest absolute Gasteiger partial charge is 0.486 e. The molecule has 4 aromatic rings. The summed E-state index contributed by atoms with van der Waals surface area (Å²) in [4.78, 5) is 19.2. The van der Waals surface area contributed by atoms with Crippen LogP contribution in [0.5, 0.6) is 5.75 Å². The Hall–Kier alpha value is -3.86. The molecule has 0 spiro atoms. The summed E-state index contributed by atoms with van der Waals surface area (Å²) in [5.41, 5.74) is 3.60. The van der Waals surface area contributed by atoms with E-state index in [4.69, 9.17) is 13.6 Å². The zero-order valence-electron chi connectivity index (χ0n) is 20.2. The van der Waals surface area contributed by atoms with Gasteiger partial charge in [-0.3, -0.25) is 4.79 Å². The van der Waals surface area contributed by atoms with Gasteiger partial charge < -0.3 is 18.5 Å². The number of nitrogens with zero attached hydrogens (tertiary/aromatic N) is 5. The van der Waals surface area contributed by atoms with E-state index in [0.717, 1.165) is 28.1 Å². The molecule has 5 rings (SSSR count). The van der Waals surface area contributed by atoms with Crippen LogP contribution in [0.2, 0.25) is 0 Å². The molecule has 0 bridgehead atoms. The number of aromatic nitrogens is 5. The Morgan fingerprint density at radius 2 is 2.22 bits per heavy atom. The maximum absolute atomic E-state index is 12.8. The zero-order chi connectivity index (χ0) is 25.1. The predicted molar refractivity (Wildman–Crippen MR) is 133 cm³/mol. The van der Waals surface area contributed by atoms with Gasteiger partial charge in [0.1, 0.15) is 29.6 Å². The fourth-order valence-corrected chi connectivity index (χ4v) is 4.66. The first-order valence-electron chi connectivity index (χ1n) is 11.6. The molecule has 1 aromatic carbocycles. The van der Waals surface area contributed by atoms with Crippen molar-refractivity contribution in [3.63, 3.8) is 0 Å². The molecule has 4 heterocycles. The first-order valence-corrected chi connectivity index (χ1v) is 12.5. The van der Waals surface area contributed by atoms with Crippen molar-refractivity contribution in [2.45, 2.75) is 50.8 Å². The van der Waals surface area contributed by atoms with E-state index in [1.165, 1.54) is 6.08 Å². The maximum atomic E-state index is 12.8. The van der Waals surface area contributed by atoms with Crippen LogP contribution in [-0.4, -0.2) is 48.2 Å². The smallest absolute Gasteiger partial charge is 0.256 e. The fraction of sp³-hybridized carbons (Fsp3) is 0.320. The van der Waals surface area contributed by atoms with E-state index >= 15 is 0 Å². The Kier molecular flexibility index (Phi) is 6.90. The average molecular weight is 507 g/mol. The quantitative estimate of drug-likeness (QED) is 0.273. The minimum atomic E-state index is -0.0739. The molecule has 1 aliphatic rings. The molecule has 186 valence electrons. The molecular formula is C25H26N6O4S. The molecule has 0 saturated heterocycles. The Morgan fingerprint density at radius 3 is 2.97 bits per heavy atom. The van der Waals surface area contributed by atoms with Crippen molar-refractivity contribution >= 4 is 23.7 Å². The van der Waals surface area contributed by atoms with Gasteiger partial charge in [-0.25, -0.2) is 4.98 Å². The van der Waals surface area contributed by atoms with Crippen molar-refractivity contribution < 1.29 is 18.4 Å². The number of nitrogens with one attached hydrogen (secondary N) is 1. The molecule has 1 aliphatic heterocycles. The number of carbonyl (C=O) groups is 1. The van der Waals surface area contributed by atoms with Crippen LogP contribution in [0.25, 0.3) is 17.5 Å². The maximum Gasteiger partial charge on any atom is 0.256 e. The molecule has 0 radical (unpaired) electrons. The van der Waals surface area contributed by atoms with E-state index in [2.05, 4.69) is 39.5 Å². The minimum Gasteiger partial charge on any atom is -0.486 e. The number of H-pyrrole nitrogens is 1. The number of amides is 1. The van der Waals surface area contributed by atoms with E-state index in [1.54, 1.807) is 41.1 Å². The summed E-state index contributed by atoms with van der Waals surface area (Å²) in [7, 11) is 0. The summed E-state index contributed by atoms with van der Waals surface area (Å²) < 4.78 is 17.3. The third-order valence-corrected chi connectivity index (χ3v) is 6.57. The van der Waals surface area contributed by atoms with Gasteiger partial charge in [0, 0.05) is 24.4 Å². The number of fused-ring (bicyclic) bond motifs is 1. The number of hydrogen-bond acceptors (Lipinski definition) is 9. The molecule has 10 nitrogen and oxygen atoms in total. The predicted octanol–water partition coefficient (Wildman–Crippen LogP) is 4.43. The summed E-state index contributed by atoms with van der Waals surface area (Å²) >= 11 is 1.57. The highest BCUT2D eigenvalue weighted by Crippen LogP contribution is 2.34. The molecule has 0 aliphatic carbocycles. The lowest BCUT2D eigenvalue weighted by Crippen LogP contribution is -2.34. The number of thioether (sulfide) groups is 1. The number of aryl methyl sites for hydroxylation is 1. The Labute approximate surface area is 212 Å². The van der Waals surface area contributed by atoms with Crippen LogP contribution in [0.3, 0.4) is 0 Å². The number of benzene rings is 1. The number of hydrogen-bond donors (Lipinski definition) is 1. The standard InChI is InChI=1S/C25H26N6O4S/c1-15(2)36-25-26-21(16(3)35-25)14-34-22-12-18-13-31(23(32)7-6-19-5-4-10-33-19)9-8-17(18)11-20(22)24-27-29-30-28-24/h4-7,10-12,15H,8-9,13-14H2,1-3H3,(H,27,28,29,30)/b7-6+. The topological polar surface area (TPSA) is 123 Å². The van der Waals surface area contributed by atoms with Crippen LogP contribution >= 0.6 is 11.8 Å². The number of aromatic amines is 1. The van der Waals surface area contributed by atoms with Crippen LogP contribution < -0.4 is 4.74 Å². The zero-order valence-corrected chi connectivity index (χ0v) is 21.0. The summed E-state index contributed by atoms with van der Waals surface area (Å²) in [6.07, 6.45) is 5.50. The number of ether oxygens (including phenoxy) is 1. The number of oxazole rings is 1. The summed E-state index contributed by atoms with van der Waals surface area (Å²) in [6, 6.07) is 7.57. The van der Waals surface area contributed by atoms with Crippen LogP contribution in [0, 0.1) is 6.92 Å². The van der Waals surface area contributed by atoms with Crippen molar-refractivity contribution in [3.05, 3.63) is 64.9 Å². The lowest BCUT2D eigenvalue weighted by atomic mass is 9.96. The van der Waals surface area contributed by atoms with Crippen molar-refractivity contribution in [3.8, 4) is 17.1 Å². The van der Waals surface area contributed by atoms with Gasteiger partial charge >= 0.3 is 0 Å². The van der Waals surface area contributed by atoms with Gasteiger partial charge in [-0.05, 0) is 60.0 Å². The molecule has 0 fully saturated rings. The van der Waals surface area contributed by atoms with E-state index in [9.17, 15) is 4.79 Å². The van der Waals surface area contributed by atoms with Crippen molar-refractivity contribution in [2.24, 2.45) is 0 Å². The summed E-state index contributed by atoms with van der Waals surface area (Å²) in [6.45, 7) is 7.36. The average Bonchev–Trinajstić information content (AvgIpc) is 3.63. The second-order valence-electron chi connectivity index (χ2n) is 8.65. The molecule has 0 atom stereocenters. The van der Waals surface area contributed by atoms with E-state index in [1.807, 2.05) is 19.1 Å². The molecule has 3 aromatic heterocycles. The van der Waals surface area contributed by atoms with Crippen LogP contribution in [0.4, 0.5) is 0 Å². The first kappa shape index (κ1) is 23.9. The van der Waals surface area contributed by atoms with Crippen LogP contribution in [-0.2, 0) is 24.4 Å². The van der Waals surface area contributed by atoms with Gasteiger partial charge in [0.2, 0.25) is 11.7 Å². The molecule has 1 N–H and O–H groups in total. The SMILES string of the molecule is Cc1oc(SC(C)C)nc1COc1cc2c(cc1-c1nn[nH]n1)CCN(C(=O)/C=C/c1ccco1)C2. The highest BCUT2D eigenvalue weighted by Gasteiger charge is 2.24. The number of carbonyl (C=O) groups excluding carboxylic acids is 1. The minimum absolute atomic E-state index is 0.0739. The number of tetrazole rings is 1. The molecule has 0 unspecified atom stereocenters. The second-order valence-corrected chi connectivity index (χ2v) is 10.2. The van der Waals surface area contributed by atoms with Crippen molar-refractivity contribution in [1.82, 2.24) is 30.5 Å². The van der Waals surface area contributed by atoms with Gasteiger partial charge in [-0.2, -0.15) is 5.21 Å². The second kappa shape index (κ2) is 10.4. The lowest BCUT2D eigenvalue weighted by molar-refractivity contribution is -0.126. The van der Waals surface area contributed by atoms with Gasteiger partial charge in [0.25, 0.3) is 5.22 Å². The number of furan rings is 1. The summed E-state index contributed by atoms with van der Waals surface area (Å²) in [5.74, 6) is 2.32. The van der Waals surface area contributed by atoms with E-state index in [0.29, 0.717) is 47.3 Å². The molecule has 36 heavy (non-hydrogen) atoms. The number of rotatable bonds is 8. The lowest BCUT2D eigenvalue weighted by Gasteiger charge is -2.29. The third-order valence-electron chi connectivity index (χ3n) is 5.72. The highest BCUT2D eigenvalue weighted by molar-refractivity contribution is 7.99. The third kappa shape index (κ3) is 5.35. The van der Waals surface area contributed by atoms with E-state index < -0.39 is 0 Å². The first-order chi connectivity index (χ1) is 17.5. The van der Waals surface area contributed by atoms with Gasteiger partial charge in [0.05, 0.1) is 11.8 Å². The molecular weight excluding hydrogens is 480 g/mol. The Balaban J connectivity index is 1.37. The van der Waals surface area contributed by atoms with Crippen LogP contribution in [0.15, 0.2) is 50.7 Å². The Morgan fingerprint density at radius 1 is 1.33 bits per heavy atom. The monoisotopic (exact) mass is 506 g/mol. The van der Waals surface area contributed by atoms with Gasteiger partial charge in [-0.15, -0.1) is 10.2 Å². The van der Waals surface area contributed by atoms with Crippen molar-refractivity contribution in [2.75, 3.05) is 6.54 Å². The Bertz CT molecular complexity index is 1360. The molecule has 0 saturated carbocycles. The van der Waals surface area contributed by atoms with Gasteiger partial charge in [0.15, 0.2) is 0 Å². The van der Waals surface area contributed by atoms with Gasteiger partial charge in [-0.1, -0.05) is 25.6 Å². The van der Waals surface area contributed by atoms with Crippen LogP contribution in [0.1, 0.15) is 42.2 Å². The molecule has 11 heteroatoms. The normalized spacial score (nSPS) is 13.5. The highest BCUT2D eigenvalue weighted by atomic mass is 32.2. The summed E-state index contributed by atoms with van der Waals surface area (Å²) in [5, 5.41) is 15.5. The van der Waals surface area contributed by atoms with Crippen molar-refractivity contribution in [1.29, 1.82) is 0 Å². The molecule has 1 amide bonds. The van der Waals surface area contributed by atoms with E-state index in [-0.39, 0.29) is 12.5 Å². The fourth-order valence-electron chi connectivity index (χ4n) is 3.92.